The molecule has 2 aromatic carbocycles. The number of fused-ring (bicyclic) bond motifs is 1. The van der Waals surface area contributed by atoms with Gasteiger partial charge in [0.1, 0.15) is 0 Å². The van der Waals surface area contributed by atoms with Crippen molar-refractivity contribution in [2.24, 2.45) is 0 Å². The highest BCUT2D eigenvalue weighted by Gasteiger charge is 2.22. The van der Waals surface area contributed by atoms with Crippen molar-refractivity contribution >= 4 is 16.8 Å². The molecular formula is C26H31N3O. The summed E-state index contributed by atoms with van der Waals surface area (Å²) in [4.78, 5) is 15.6. The van der Waals surface area contributed by atoms with Gasteiger partial charge in [0.25, 0.3) is 5.91 Å². The monoisotopic (exact) mass is 401 g/mol. The Labute approximate surface area is 179 Å². The molecule has 1 fully saturated rings. The van der Waals surface area contributed by atoms with Crippen molar-refractivity contribution < 1.29 is 4.79 Å². The van der Waals surface area contributed by atoms with Crippen molar-refractivity contribution in [2.75, 3.05) is 19.6 Å². The summed E-state index contributed by atoms with van der Waals surface area (Å²) in [5, 5.41) is 4.32. The second kappa shape index (κ2) is 9.31. The van der Waals surface area contributed by atoms with Gasteiger partial charge in [-0.25, -0.2) is 0 Å². The third-order valence-corrected chi connectivity index (χ3v) is 5.91. The van der Waals surface area contributed by atoms with Crippen LogP contribution < -0.4 is 5.32 Å². The lowest BCUT2D eigenvalue weighted by Gasteiger charge is -2.31. The molecule has 30 heavy (non-hydrogen) atoms. The zero-order valence-electron chi connectivity index (χ0n) is 18.0. The molecule has 4 rings (SSSR count). The fourth-order valence-corrected chi connectivity index (χ4v) is 4.17. The number of rotatable bonds is 6. The zero-order chi connectivity index (χ0) is 20.9. The summed E-state index contributed by atoms with van der Waals surface area (Å²) >= 11 is 0. The predicted octanol–water partition coefficient (Wildman–Crippen LogP) is 4.85. The third kappa shape index (κ3) is 4.82. The zero-order valence-corrected chi connectivity index (χ0v) is 18.0. The number of benzene rings is 2. The molecule has 0 spiro atoms. The van der Waals surface area contributed by atoms with Gasteiger partial charge in [0.2, 0.25) is 0 Å². The fraction of sp³-hybridized carbons (Fsp3) is 0.346. The van der Waals surface area contributed by atoms with Crippen LogP contribution in [0.2, 0.25) is 0 Å². The summed E-state index contributed by atoms with van der Waals surface area (Å²) < 4.78 is 2.18. The van der Waals surface area contributed by atoms with E-state index < -0.39 is 0 Å². The van der Waals surface area contributed by atoms with Gasteiger partial charge < -0.3 is 9.88 Å². The van der Waals surface area contributed by atoms with Crippen LogP contribution in [-0.4, -0.2) is 41.1 Å². The second-order valence-corrected chi connectivity index (χ2v) is 8.50. The minimum absolute atomic E-state index is 0.0424. The van der Waals surface area contributed by atoms with E-state index in [-0.39, 0.29) is 11.9 Å². The van der Waals surface area contributed by atoms with E-state index in [0.717, 1.165) is 55.5 Å². The van der Waals surface area contributed by atoms with Gasteiger partial charge in [-0.2, -0.15) is 0 Å². The molecule has 1 aliphatic heterocycles. The smallest absolute Gasteiger partial charge is 0.253 e. The van der Waals surface area contributed by atoms with Crippen molar-refractivity contribution in [1.29, 1.82) is 0 Å². The Hall–Kier alpha value is -2.85. The van der Waals surface area contributed by atoms with E-state index in [2.05, 4.69) is 65.0 Å². The average Bonchev–Trinajstić information content (AvgIpc) is 3.13. The maximum absolute atomic E-state index is 13.1. The number of hydrogen-bond donors (Lipinski definition) is 1. The number of piperidine rings is 1. The van der Waals surface area contributed by atoms with Crippen molar-refractivity contribution in [3.05, 3.63) is 83.6 Å². The van der Waals surface area contributed by atoms with Crippen LogP contribution in [0.1, 0.15) is 42.6 Å². The van der Waals surface area contributed by atoms with E-state index >= 15 is 0 Å². The Morgan fingerprint density at radius 3 is 2.47 bits per heavy atom. The van der Waals surface area contributed by atoms with Gasteiger partial charge in [-0.05, 0) is 38.3 Å². The number of carbonyl (C=O) groups is 1. The molecule has 0 atom stereocenters. The maximum atomic E-state index is 13.1. The van der Waals surface area contributed by atoms with Crippen LogP contribution in [0.15, 0.2) is 72.4 Å². The largest absolute Gasteiger partial charge is 0.349 e. The molecule has 0 aliphatic carbocycles. The van der Waals surface area contributed by atoms with Crippen molar-refractivity contribution in [2.45, 2.75) is 39.3 Å². The van der Waals surface area contributed by atoms with E-state index in [0.29, 0.717) is 0 Å². The number of aromatic nitrogens is 1. The van der Waals surface area contributed by atoms with Crippen LogP contribution in [0.3, 0.4) is 0 Å². The molecule has 0 bridgehead atoms. The summed E-state index contributed by atoms with van der Waals surface area (Å²) in [7, 11) is 0. The van der Waals surface area contributed by atoms with Gasteiger partial charge in [0, 0.05) is 49.3 Å². The maximum Gasteiger partial charge on any atom is 0.253 e. The number of para-hydroxylation sites is 1. The lowest BCUT2D eigenvalue weighted by molar-refractivity contribution is 0.0915. The predicted molar refractivity (Wildman–Crippen MR) is 124 cm³/mol. The molecule has 4 heteroatoms. The molecule has 1 aromatic heterocycles. The molecule has 1 N–H and O–H groups in total. The van der Waals surface area contributed by atoms with Crippen LogP contribution in [0, 0.1) is 0 Å². The van der Waals surface area contributed by atoms with Gasteiger partial charge in [0.05, 0.1) is 5.56 Å². The molecule has 2 heterocycles. The van der Waals surface area contributed by atoms with Gasteiger partial charge in [-0.1, -0.05) is 60.2 Å². The SMILES string of the molecule is CC(C)=CCN1CCC(NC(=O)c2cn(Cc3ccccc3)c3ccccc23)CC1. The minimum Gasteiger partial charge on any atom is -0.349 e. The normalized spacial score (nSPS) is 15.3. The molecule has 0 radical (unpaired) electrons. The minimum atomic E-state index is 0.0424. The first-order valence-corrected chi connectivity index (χ1v) is 10.9. The van der Waals surface area contributed by atoms with Crippen molar-refractivity contribution in [3.63, 3.8) is 0 Å². The number of likely N-dealkylation sites (tertiary alicyclic amines) is 1. The Morgan fingerprint density at radius 1 is 1.03 bits per heavy atom. The summed E-state index contributed by atoms with van der Waals surface area (Å²) in [6.07, 6.45) is 6.30. The van der Waals surface area contributed by atoms with E-state index in [1.54, 1.807) is 0 Å². The van der Waals surface area contributed by atoms with Gasteiger partial charge in [-0.15, -0.1) is 0 Å². The average molecular weight is 402 g/mol. The van der Waals surface area contributed by atoms with Crippen LogP contribution in [-0.2, 0) is 6.54 Å². The quantitative estimate of drug-likeness (QED) is 0.600. The standard InChI is InChI=1S/C26H31N3O/c1-20(2)12-15-28-16-13-22(14-17-28)27-26(30)24-19-29(18-21-8-4-3-5-9-21)25-11-7-6-10-23(24)25/h3-12,19,22H,13-18H2,1-2H3,(H,27,30). The van der Waals surface area contributed by atoms with Crippen LogP contribution in [0.5, 0.6) is 0 Å². The van der Waals surface area contributed by atoms with Gasteiger partial charge in [0.15, 0.2) is 0 Å². The number of nitrogens with zero attached hydrogens (tertiary/aromatic N) is 2. The highest BCUT2D eigenvalue weighted by Crippen LogP contribution is 2.23. The fourth-order valence-electron chi connectivity index (χ4n) is 4.17. The second-order valence-electron chi connectivity index (χ2n) is 8.50. The molecule has 1 amide bonds. The molecular weight excluding hydrogens is 370 g/mol. The van der Waals surface area contributed by atoms with E-state index in [9.17, 15) is 4.79 Å². The molecule has 156 valence electrons. The molecule has 0 saturated carbocycles. The summed E-state index contributed by atoms with van der Waals surface area (Å²) in [6.45, 7) is 8.12. The summed E-state index contributed by atoms with van der Waals surface area (Å²) in [5.41, 5.74) is 4.46. The highest BCUT2D eigenvalue weighted by molar-refractivity contribution is 6.07. The lowest BCUT2D eigenvalue weighted by Crippen LogP contribution is -2.44. The van der Waals surface area contributed by atoms with Gasteiger partial charge >= 0.3 is 0 Å². The number of allylic oxidation sites excluding steroid dienone is 1. The summed E-state index contributed by atoms with van der Waals surface area (Å²) in [5.74, 6) is 0.0424. The Bertz CT molecular complexity index is 1020. The van der Waals surface area contributed by atoms with Crippen molar-refractivity contribution in [3.8, 4) is 0 Å². The Kier molecular flexibility index (Phi) is 6.34. The lowest BCUT2D eigenvalue weighted by atomic mass is 10.0. The highest BCUT2D eigenvalue weighted by atomic mass is 16.1. The van der Waals surface area contributed by atoms with Crippen LogP contribution in [0.25, 0.3) is 10.9 Å². The van der Waals surface area contributed by atoms with E-state index in [1.165, 1.54) is 11.1 Å². The van der Waals surface area contributed by atoms with E-state index in [4.69, 9.17) is 0 Å². The molecule has 3 aromatic rings. The number of carbonyl (C=O) groups excluding carboxylic acids is 1. The van der Waals surface area contributed by atoms with E-state index in [1.807, 2.05) is 30.5 Å². The first-order valence-electron chi connectivity index (χ1n) is 10.9. The number of hydrogen-bond acceptors (Lipinski definition) is 2. The first kappa shape index (κ1) is 20.4. The Balaban J connectivity index is 1.46. The van der Waals surface area contributed by atoms with Crippen molar-refractivity contribution in [1.82, 2.24) is 14.8 Å². The summed E-state index contributed by atoms with van der Waals surface area (Å²) in [6, 6.07) is 18.8. The Morgan fingerprint density at radius 2 is 1.73 bits per heavy atom. The van der Waals surface area contributed by atoms with Gasteiger partial charge in [-0.3, -0.25) is 9.69 Å². The number of amides is 1. The number of nitrogens with one attached hydrogen (secondary N) is 1. The first-order chi connectivity index (χ1) is 14.6. The van der Waals surface area contributed by atoms with Crippen LogP contribution >= 0.6 is 0 Å². The molecule has 0 unspecified atom stereocenters. The molecule has 1 aliphatic rings. The molecule has 1 saturated heterocycles. The topological polar surface area (TPSA) is 37.3 Å². The third-order valence-electron chi connectivity index (χ3n) is 5.91. The van der Waals surface area contributed by atoms with Crippen LogP contribution in [0.4, 0.5) is 0 Å². The molecule has 4 nitrogen and oxygen atoms in total.